The van der Waals surface area contributed by atoms with Gasteiger partial charge in [-0.05, 0) is 49.1 Å². The SMILES string of the molecule is CCOC(=O)c1c(NC(=O)c2cccs2)sc(C(=O)Nc2cccc(C(F)(F)F)c2)c1C. The molecule has 0 spiro atoms. The number of nitrogens with one attached hydrogen (secondary N) is 2. The number of amides is 2. The molecule has 3 rings (SSSR count). The third-order valence-corrected chi connectivity index (χ3v) is 6.33. The van der Waals surface area contributed by atoms with Gasteiger partial charge in [0.05, 0.1) is 27.5 Å². The summed E-state index contributed by atoms with van der Waals surface area (Å²) in [5.74, 6) is -1.90. The Morgan fingerprint density at radius 2 is 1.81 bits per heavy atom. The van der Waals surface area contributed by atoms with Gasteiger partial charge in [0.25, 0.3) is 11.8 Å². The fourth-order valence-electron chi connectivity index (χ4n) is 2.80. The summed E-state index contributed by atoms with van der Waals surface area (Å²) >= 11 is 2.04. The molecule has 0 unspecified atom stereocenters. The predicted octanol–water partition coefficient (Wildman–Crippen LogP) is 5.82. The molecule has 0 saturated carbocycles. The lowest BCUT2D eigenvalue weighted by Crippen LogP contribution is -2.14. The van der Waals surface area contributed by atoms with Crippen LogP contribution in [0.2, 0.25) is 0 Å². The maximum Gasteiger partial charge on any atom is 0.416 e. The van der Waals surface area contributed by atoms with Crippen molar-refractivity contribution in [3.8, 4) is 0 Å². The Morgan fingerprint density at radius 3 is 2.44 bits per heavy atom. The first-order chi connectivity index (χ1) is 15.1. The number of carbonyl (C=O) groups excluding carboxylic acids is 3. The summed E-state index contributed by atoms with van der Waals surface area (Å²) in [6, 6.07) is 7.50. The summed E-state index contributed by atoms with van der Waals surface area (Å²) < 4.78 is 43.9. The number of hydrogen-bond acceptors (Lipinski definition) is 6. The second-order valence-electron chi connectivity index (χ2n) is 6.44. The maximum absolute atomic E-state index is 12.9. The van der Waals surface area contributed by atoms with Crippen LogP contribution in [0.3, 0.4) is 0 Å². The van der Waals surface area contributed by atoms with E-state index in [9.17, 15) is 27.6 Å². The molecule has 32 heavy (non-hydrogen) atoms. The van der Waals surface area contributed by atoms with Crippen LogP contribution in [0, 0.1) is 6.92 Å². The molecule has 0 radical (unpaired) electrons. The predicted molar refractivity (Wildman–Crippen MR) is 117 cm³/mol. The largest absolute Gasteiger partial charge is 0.462 e. The molecule has 3 aromatic rings. The Morgan fingerprint density at radius 1 is 1.06 bits per heavy atom. The van der Waals surface area contributed by atoms with E-state index in [2.05, 4.69) is 10.6 Å². The number of rotatable bonds is 6. The molecule has 0 fully saturated rings. The van der Waals surface area contributed by atoms with E-state index in [1.807, 2.05) is 0 Å². The molecule has 0 aliphatic rings. The van der Waals surface area contributed by atoms with E-state index >= 15 is 0 Å². The van der Waals surface area contributed by atoms with Gasteiger partial charge >= 0.3 is 12.1 Å². The number of halogens is 3. The van der Waals surface area contributed by atoms with Gasteiger partial charge in [-0.3, -0.25) is 9.59 Å². The van der Waals surface area contributed by atoms with Crippen LogP contribution in [0.5, 0.6) is 0 Å². The Hall–Kier alpha value is -3.18. The van der Waals surface area contributed by atoms with Crippen molar-refractivity contribution in [1.82, 2.24) is 0 Å². The lowest BCUT2D eigenvalue weighted by Gasteiger charge is -2.09. The van der Waals surface area contributed by atoms with E-state index in [1.165, 1.54) is 30.4 Å². The van der Waals surface area contributed by atoms with Crippen molar-refractivity contribution in [2.45, 2.75) is 20.0 Å². The second kappa shape index (κ2) is 9.53. The number of hydrogen-bond donors (Lipinski definition) is 2. The van der Waals surface area contributed by atoms with Crippen molar-refractivity contribution in [1.29, 1.82) is 0 Å². The van der Waals surface area contributed by atoms with Crippen LogP contribution in [-0.2, 0) is 10.9 Å². The number of thiophene rings is 2. The molecule has 11 heteroatoms. The van der Waals surface area contributed by atoms with E-state index in [0.717, 1.165) is 23.5 Å². The molecule has 0 aliphatic heterocycles. The van der Waals surface area contributed by atoms with Gasteiger partial charge in [0.15, 0.2) is 0 Å². The Bertz CT molecular complexity index is 1150. The van der Waals surface area contributed by atoms with Gasteiger partial charge in [-0.15, -0.1) is 22.7 Å². The Balaban J connectivity index is 1.93. The first kappa shape index (κ1) is 23.5. The molecule has 2 heterocycles. The van der Waals surface area contributed by atoms with E-state index in [4.69, 9.17) is 4.74 Å². The van der Waals surface area contributed by atoms with Crippen molar-refractivity contribution < 1.29 is 32.3 Å². The summed E-state index contributed by atoms with van der Waals surface area (Å²) in [5, 5.41) is 6.87. The minimum atomic E-state index is -4.56. The number of ether oxygens (including phenoxy) is 1. The fraction of sp³-hybridized carbons (Fsp3) is 0.190. The highest BCUT2D eigenvalue weighted by atomic mass is 32.1. The van der Waals surface area contributed by atoms with Gasteiger partial charge in [-0.25, -0.2) is 4.79 Å². The topological polar surface area (TPSA) is 84.5 Å². The molecule has 2 aromatic heterocycles. The van der Waals surface area contributed by atoms with Gasteiger partial charge in [-0.2, -0.15) is 13.2 Å². The Kier molecular flexibility index (Phi) is 6.99. The minimum absolute atomic E-state index is 0.0240. The average molecular weight is 483 g/mol. The quantitative estimate of drug-likeness (QED) is 0.434. The molecule has 0 atom stereocenters. The summed E-state index contributed by atoms with van der Waals surface area (Å²) in [4.78, 5) is 38.2. The number of alkyl halides is 3. The van der Waals surface area contributed by atoms with Crippen molar-refractivity contribution in [3.05, 3.63) is 68.2 Å². The first-order valence-electron chi connectivity index (χ1n) is 9.25. The van der Waals surface area contributed by atoms with Crippen LogP contribution in [0.4, 0.5) is 23.9 Å². The van der Waals surface area contributed by atoms with Crippen LogP contribution in [0.25, 0.3) is 0 Å². The van der Waals surface area contributed by atoms with Gasteiger partial charge in [0, 0.05) is 5.69 Å². The van der Waals surface area contributed by atoms with Crippen LogP contribution in [-0.4, -0.2) is 24.4 Å². The molecule has 168 valence electrons. The molecule has 0 aliphatic carbocycles. The average Bonchev–Trinajstić information content (AvgIpc) is 3.36. The van der Waals surface area contributed by atoms with Gasteiger partial charge in [-0.1, -0.05) is 12.1 Å². The standard InChI is InChI=1S/C21H17F3N2O4S2/c1-3-30-20(29)15-11(2)16(32-19(15)26-17(27)14-8-5-9-31-14)18(28)25-13-7-4-6-12(10-13)21(22,23)24/h4-10H,3H2,1-2H3,(H,25,28)(H,26,27). The highest BCUT2D eigenvalue weighted by Gasteiger charge is 2.31. The van der Waals surface area contributed by atoms with Crippen molar-refractivity contribution in [2.75, 3.05) is 17.2 Å². The third-order valence-electron chi connectivity index (χ3n) is 4.25. The summed E-state index contributed by atoms with van der Waals surface area (Å²) in [6.45, 7) is 3.20. The zero-order chi connectivity index (χ0) is 23.5. The van der Waals surface area contributed by atoms with Crippen LogP contribution >= 0.6 is 22.7 Å². The normalized spacial score (nSPS) is 11.2. The van der Waals surface area contributed by atoms with Crippen molar-refractivity contribution in [2.24, 2.45) is 0 Å². The molecule has 2 N–H and O–H groups in total. The van der Waals surface area contributed by atoms with Crippen LogP contribution in [0.1, 0.15) is 47.8 Å². The monoisotopic (exact) mass is 482 g/mol. The highest BCUT2D eigenvalue weighted by molar-refractivity contribution is 7.19. The van der Waals surface area contributed by atoms with Gasteiger partial charge < -0.3 is 15.4 Å². The smallest absolute Gasteiger partial charge is 0.416 e. The summed E-state index contributed by atoms with van der Waals surface area (Å²) in [6.07, 6.45) is -4.56. The van der Waals surface area contributed by atoms with Crippen molar-refractivity contribution in [3.63, 3.8) is 0 Å². The summed E-state index contributed by atoms with van der Waals surface area (Å²) in [5.41, 5.74) is -0.691. The van der Waals surface area contributed by atoms with Crippen LogP contribution < -0.4 is 10.6 Å². The van der Waals surface area contributed by atoms with E-state index in [0.29, 0.717) is 4.88 Å². The van der Waals surface area contributed by atoms with Crippen LogP contribution in [0.15, 0.2) is 41.8 Å². The number of benzene rings is 1. The minimum Gasteiger partial charge on any atom is -0.462 e. The second-order valence-corrected chi connectivity index (χ2v) is 8.41. The molecular formula is C21H17F3N2O4S2. The van der Waals surface area contributed by atoms with Crippen molar-refractivity contribution >= 4 is 51.1 Å². The molecule has 0 bridgehead atoms. The lowest BCUT2D eigenvalue weighted by molar-refractivity contribution is -0.137. The van der Waals surface area contributed by atoms with E-state index in [1.54, 1.807) is 24.4 Å². The number of esters is 1. The number of carbonyl (C=O) groups is 3. The third kappa shape index (κ3) is 5.17. The maximum atomic E-state index is 12.9. The summed E-state index contributed by atoms with van der Waals surface area (Å²) in [7, 11) is 0. The zero-order valence-corrected chi connectivity index (χ0v) is 18.5. The fourth-order valence-corrected chi connectivity index (χ4v) is 4.50. The Labute approximate surface area is 189 Å². The first-order valence-corrected chi connectivity index (χ1v) is 11.0. The highest BCUT2D eigenvalue weighted by Crippen LogP contribution is 2.35. The molecular weight excluding hydrogens is 465 g/mol. The van der Waals surface area contributed by atoms with E-state index < -0.39 is 29.5 Å². The molecule has 0 saturated heterocycles. The zero-order valence-electron chi connectivity index (χ0n) is 16.8. The molecule has 2 amide bonds. The molecule has 6 nitrogen and oxygen atoms in total. The lowest BCUT2D eigenvalue weighted by atomic mass is 10.1. The van der Waals surface area contributed by atoms with E-state index in [-0.39, 0.29) is 33.3 Å². The molecule has 1 aromatic carbocycles. The number of anilines is 2. The van der Waals surface area contributed by atoms with Gasteiger partial charge in [0.1, 0.15) is 5.00 Å². The van der Waals surface area contributed by atoms with Gasteiger partial charge in [0.2, 0.25) is 0 Å².